The molecular weight excluding hydrogens is 214 g/mol. The summed E-state index contributed by atoms with van der Waals surface area (Å²) in [6.45, 7) is 0.0590. The van der Waals surface area contributed by atoms with E-state index in [0.717, 1.165) is 0 Å². The van der Waals surface area contributed by atoms with Crippen LogP contribution in [0.15, 0.2) is 11.1 Å². The number of aromatic amines is 1. The third-order valence-electron chi connectivity index (χ3n) is 1.91. The summed E-state index contributed by atoms with van der Waals surface area (Å²) in [5.41, 5.74) is 5.51. The molecular formula is C8H9N5O3. The molecule has 3 N–H and O–H groups in total. The number of fused-ring (bicyclic) bond motifs is 1. The van der Waals surface area contributed by atoms with Gasteiger partial charge in [0.25, 0.3) is 5.56 Å². The molecule has 0 atom stereocenters. The van der Waals surface area contributed by atoms with E-state index in [0.29, 0.717) is 11.9 Å². The molecule has 2 aromatic rings. The molecule has 0 saturated carbocycles. The van der Waals surface area contributed by atoms with Gasteiger partial charge in [-0.1, -0.05) is 0 Å². The molecule has 0 bridgehead atoms. The lowest BCUT2D eigenvalue weighted by Gasteiger charge is -2.02. The number of imidazole rings is 1. The van der Waals surface area contributed by atoms with E-state index in [1.165, 1.54) is 10.9 Å². The monoisotopic (exact) mass is 223 g/mol. The maximum atomic E-state index is 11.4. The summed E-state index contributed by atoms with van der Waals surface area (Å²) in [7, 11) is 0. The summed E-state index contributed by atoms with van der Waals surface area (Å²) in [6.07, 6.45) is 2.03. The number of carbonyl (C=O) groups excluding carboxylic acids is 1. The largest absolute Gasteiger partial charge is 0.369 e. The Balaban J connectivity index is 2.39. The highest BCUT2D eigenvalue weighted by atomic mass is 16.5. The summed E-state index contributed by atoms with van der Waals surface area (Å²) < 4.78 is 6.47. The Hall–Kier alpha value is -2.22. The first kappa shape index (κ1) is 10.3. The maximum Gasteiger partial charge on any atom is 0.280 e. The molecule has 16 heavy (non-hydrogen) atoms. The molecule has 0 aliphatic rings. The number of nitrogens with zero attached hydrogens (tertiary/aromatic N) is 3. The lowest BCUT2D eigenvalue weighted by molar-refractivity contribution is -0.113. The van der Waals surface area contributed by atoms with Crippen molar-refractivity contribution in [1.82, 2.24) is 19.5 Å². The molecule has 0 aliphatic carbocycles. The number of ether oxygens (including phenoxy) is 1. The summed E-state index contributed by atoms with van der Waals surface area (Å²) >= 11 is 0. The number of hydrogen-bond acceptors (Lipinski definition) is 6. The average molecular weight is 223 g/mol. The first-order valence-corrected chi connectivity index (χ1v) is 4.44. The van der Waals surface area contributed by atoms with Crippen LogP contribution in [0.25, 0.3) is 11.2 Å². The van der Waals surface area contributed by atoms with Gasteiger partial charge >= 0.3 is 0 Å². The van der Waals surface area contributed by atoms with Gasteiger partial charge in [0, 0.05) is 0 Å². The molecule has 0 radical (unpaired) electrons. The highest BCUT2D eigenvalue weighted by Crippen LogP contribution is 2.05. The van der Waals surface area contributed by atoms with E-state index < -0.39 is 5.56 Å². The summed E-state index contributed by atoms with van der Waals surface area (Å²) in [5, 5.41) is 0. The van der Waals surface area contributed by atoms with Crippen LogP contribution in [0, 0.1) is 0 Å². The lowest BCUT2D eigenvalue weighted by atomic mass is 10.5. The maximum absolute atomic E-state index is 11.4. The molecule has 0 saturated heterocycles. The van der Waals surface area contributed by atoms with Gasteiger partial charge in [0.15, 0.2) is 11.2 Å². The van der Waals surface area contributed by atoms with Crippen LogP contribution in [0.2, 0.25) is 0 Å². The molecule has 0 unspecified atom stereocenters. The summed E-state index contributed by atoms with van der Waals surface area (Å²) in [4.78, 5) is 31.6. The Kier molecular flexibility index (Phi) is 2.64. The van der Waals surface area contributed by atoms with Crippen LogP contribution in [0.5, 0.6) is 0 Å². The topological polar surface area (TPSA) is 116 Å². The van der Waals surface area contributed by atoms with Gasteiger partial charge in [-0.25, -0.2) is 4.98 Å². The van der Waals surface area contributed by atoms with Gasteiger partial charge in [-0.2, -0.15) is 4.98 Å². The molecule has 2 rings (SSSR count). The second-order valence-corrected chi connectivity index (χ2v) is 3.00. The zero-order valence-electron chi connectivity index (χ0n) is 8.21. The Bertz CT molecular complexity index is 573. The van der Waals surface area contributed by atoms with E-state index in [1.807, 2.05) is 0 Å². The number of aromatic nitrogens is 4. The predicted molar refractivity (Wildman–Crippen MR) is 54.6 cm³/mol. The van der Waals surface area contributed by atoms with Crippen LogP contribution in [-0.4, -0.2) is 32.4 Å². The van der Waals surface area contributed by atoms with E-state index >= 15 is 0 Å². The number of H-pyrrole nitrogens is 1. The third kappa shape index (κ3) is 1.77. The summed E-state index contributed by atoms with van der Waals surface area (Å²) in [5.74, 6) is 0.00892. The molecule has 2 heterocycles. The van der Waals surface area contributed by atoms with Crippen molar-refractivity contribution in [3.05, 3.63) is 16.7 Å². The zero-order chi connectivity index (χ0) is 11.5. The quantitative estimate of drug-likeness (QED) is 0.500. The molecule has 0 fully saturated rings. The fourth-order valence-electron chi connectivity index (χ4n) is 1.26. The van der Waals surface area contributed by atoms with Crippen LogP contribution in [0.4, 0.5) is 5.95 Å². The highest BCUT2D eigenvalue weighted by molar-refractivity contribution is 5.70. The number of aldehydes is 1. The molecule has 0 aromatic carbocycles. The van der Waals surface area contributed by atoms with Crippen molar-refractivity contribution in [1.29, 1.82) is 0 Å². The Morgan fingerprint density at radius 2 is 2.44 bits per heavy atom. The second kappa shape index (κ2) is 4.11. The minimum Gasteiger partial charge on any atom is -0.369 e. The van der Waals surface area contributed by atoms with Crippen molar-refractivity contribution in [2.45, 2.75) is 6.73 Å². The smallest absolute Gasteiger partial charge is 0.280 e. The van der Waals surface area contributed by atoms with E-state index in [1.54, 1.807) is 0 Å². The van der Waals surface area contributed by atoms with Crippen LogP contribution < -0.4 is 11.3 Å². The van der Waals surface area contributed by atoms with Gasteiger partial charge in [-0.05, 0) is 0 Å². The molecule has 8 nitrogen and oxygen atoms in total. The Labute approximate surface area is 89.1 Å². The van der Waals surface area contributed by atoms with Crippen molar-refractivity contribution in [3.63, 3.8) is 0 Å². The Morgan fingerprint density at radius 3 is 3.19 bits per heavy atom. The van der Waals surface area contributed by atoms with Crippen molar-refractivity contribution in [3.8, 4) is 0 Å². The molecule has 2 aromatic heterocycles. The van der Waals surface area contributed by atoms with Gasteiger partial charge in [-0.15, -0.1) is 0 Å². The molecule has 8 heteroatoms. The normalized spacial score (nSPS) is 10.8. The SMILES string of the molecule is Nc1nc2c(ncn2COCC=O)c(=O)[nH]1. The predicted octanol–water partition coefficient (Wildman–Crippen LogP) is -1.13. The minimum absolute atomic E-state index is 0.00892. The number of carbonyl (C=O) groups is 1. The number of nitrogens with two attached hydrogens (primary N) is 1. The number of hydrogen-bond donors (Lipinski definition) is 2. The fraction of sp³-hybridized carbons (Fsp3) is 0.250. The van der Waals surface area contributed by atoms with E-state index in [9.17, 15) is 9.59 Å². The lowest BCUT2D eigenvalue weighted by Crippen LogP contribution is -2.12. The Morgan fingerprint density at radius 1 is 1.62 bits per heavy atom. The van der Waals surface area contributed by atoms with Crippen molar-refractivity contribution in [2.75, 3.05) is 12.3 Å². The average Bonchev–Trinajstić information content (AvgIpc) is 2.62. The van der Waals surface area contributed by atoms with Gasteiger partial charge in [0.1, 0.15) is 19.6 Å². The molecule has 0 spiro atoms. The number of rotatable bonds is 4. The van der Waals surface area contributed by atoms with Crippen molar-refractivity contribution < 1.29 is 9.53 Å². The second-order valence-electron chi connectivity index (χ2n) is 3.00. The fourth-order valence-corrected chi connectivity index (χ4v) is 1.26. The zero-order valence-corrected chi connectivity index (χ0v) is 8.21. The van der Waals surface area contributed by atoms with Crippen LogP contribution in [0.1, 0.15) is 0 Å². The van der Waals surface area contributed by atoms with E-state index in [-0.39, 0.29) is 24.8 Å². The standard InChI is InChI=1S/C8H9N5O3/c9-8-11-6-5(7(15)12-8)10-3-13(6)4-16-2-1-14/h1,3H,2,4H2,(H3,9,11,12,15). The number of nitrogen functional groups attached to an aromatic ring is 1. The van der Waals surface area contributed by atoms with Gasteiger partial charge in [-0.3, -0.25) is 14.3 Å². The van der Waals surface area contributed by atoms with Crippen molar-refractivity contribution >= 4 is 23.4 Å². The first-order valence-electron chi connectivity index (χ1n) is 4.44. The summed E-state index contributed by atoms with van der Waals surface area (Å²) in [6, 6.07) is 0. The van der Waals surface area contributed by atoms with Gasteiger partial charge < -0.3 is 15.3 Å². The van der Waals surface area contributed by atoms with Crippen LogP contribution in [0.3, 0.4) is 0 Å². The molecule has 0 aliphatic heterocycles. The number of anilines is 1. The van der Waals surface area contributed by atoms with E-state index in [2.05, 4.69) is 15.0 Å². The molecule has 0 amide bonds. The van der Waals surface area contributed by atoms with Gasteiger partial charge in [0.05, 0.1) is 6.33 Å². The van der Waals surface area contributed by atoms with Crippen LogP contribution >= 0.6 is 0 Å². The third-order valence-corrected chi connectivity index (χ3v) is 1.91. The highest BCUT2D eigenvalue weighted by Gasteiger charge is 2.08. The van der Waals surface area contributed by atoms with Gasteiger partial charge in [0.2, 0.25) is 5.95 Å². The van der Waals surface area contributed by atoms with Crippen LogP contribution in [-0.2, 0) is 16.3 Å². The minimum atomic E-state index is -0.406. The van der Waals surface area contributed by atoms with Crippen molar-refractivity contribution in [2.24, 2.45) is 0 Å². The van der Waals surface area contributed by atoms with E-state index in [4.69, 9.17) is 10.5 Å². The molecule has 84 valence electrons. The first-order chi connectivity index (χ1) is 7.72. The number of nitrogens with one attached hydrogen (secondary N) is 1.